The van der Waals surface area contributed by atoms with Crippen LogP contribution in [-0.2, 0) is 12.8 Å². The Morgan fingerprint density at radius 3 is 2.35 bits per heavy atom. The molecule has 0 spiro atoms. The molecule has 17 heavy (non-hydrogen) atoms. The molecule has 0 aromatic heterocycles. The third-order valence-electron chi connectivity index (χ3n) is 2.73. The molecule has 0 saturated heterocycles. The molecule has 1 N–H and O–H groups in total. The molecule has 96 valence electrons. The molecule has 3 heteroatoms. The average molecular weight is 300 g/mol. The number of hydrogen-bond donors (Lipinski definition) is 1. The van der Waals surface area contributed by atoms with Crippen LogP contribution < -0.4 is 10.1 Å². The summed E-state index contributed by atoms with van der Waals surface area (Å²) in [5.74, 6) is 1.09. The first-order chi connectivity index (χ1) is 8.24. The van der Waals surface area contributed by atoms with E-state index in [9.17, 15) is 0 Å². The Labute approximate surface area is 113 Å². The van der Waals surface area contributed by atoms with Crippen LogP contribution in [0.25, 0.3) is 0 Å². The normalized spacial score (nSPS) is 13.4. The lowest BCUT2D eigenvalue weighted by Crippen LogP contribution is -2.06. The van der Waals surface area contributed by atoms with Crippen LogP contribution in [0.2, 0.25) is 0 Å². The van der Waals surface area contributed by atoms with E-state index in [-0.39, 0.29) is 0 Å². The van der Waals surface area contributed by atoms with Gasteiger partial charge in [0.25, 0.3) is 0 Å². The molecule has 1 aromatic carbocycles. The zero-order chi connectivity index (χ0) is 12.7. The van der Waals surface area contributed by atoms with Crippen molar-refractivity contribution in [3.05, 3.63) is 27.7 Å². The van der Waals surface area contributed by atoms with Gasteiger partial charge in [-0.15, -0.1) is 0 Å². The Hall–Kier alpha value is -0.540. The topological polar surface area (TPSA) is 21.3 Å². The van der Waals surface area contributed by atoms with E-state index in [2.05, 4.69) is 33.4 Å². The molecule has 0 unspecified atom stereocenters. The number of hydrogen-bond acceptors (Lipinski definition) is 2. The molecule has 0 aliphatic heterocycles. The van der Waals surface area contributed by atoms with E-state index in [1.54, 1.807) is 0 Å². The Bertz CT molecular complexity index is 352. The fourth-order valence-corrected chi connectivity index (χ4v) is 2.65. The van der Waals surface area contributed by atoms with Crippen molar-refractivity contribution in [1.29, 1.82) is 0 Å². The van der Waals surface area contributed by atoms with E-state index in [1.807, 2.05) is 21.0 Å². The van der Waals surface area contributed by atoms with Gasteiger partial charge in [0.1, 0.15) is 5.75 Å². The molecule has 1 aromatic rings. The second kappa shape index (κ2) is 7.72. The molecule has 2 nitrogen and oxygen atoms in total. The van der Waals surface area contributed by atoms with Crippen molar-refractivity contribution in [3.8, 4) is 5.75 Å². The third kappa shape index (κ3) is 4.00. The SMILES string of the molecule is CCOc1ccc(Br)c2c1CCCC2.CNC. The Morgan fingerprint density at radius 2 is 1.76 bits per heavy atom. The van der Waals surface area contributed by atoms with Gasteiger partial charge in [0.15, 0.2) is 0 Å². The standard InChI is InChI=1S/C12H15BrO.C2H7N/c1-2-14-12-8-7-11(13)9-5-3-4-6-10(9)12;1-3-2/h7-8H,2-6H2,1H3;3H,1-2H3. The van der Waals surface area contributed by atoms with Crippen molar-refractivity contribution in [2.75, 3.05) is 20.7 Å². The first kappa shape index (κ1) is 14.5. The summed E-state index contributed by atoms with van der Waals surface area (Å²) in [6.07, 6.45) is 4.96. The molecule has 0 heterocycles. The van der Waals surface area contributed by atoms with Crippen molar-refractivity contribution in [3.63, 3.8) is 0 Å². The Kier molecular flexibility index (Phi) is 6.60. The molecule has 0 fully saturated rings. The van der Waals surface area contributed by atoms with Crippen molar-refractivity contribution < 1.29 is 4.74 Å². The minimum atomic E-state index is 0.758. The van der Waals surface area contributed by atoms with Crippen LogP contribution in [0.1, 0.15) is 30.9 Å². The lowest BCUT2D eigenvalue weighted by atomic mass is 9.91. The largest absolute Gasteiger partial charge is 0.494 e. The summed E-state index contributed by atoms with van der Waals surface area (Å²) < 4.78 is 6.88. The second-order valence-corrected chi connectivity index (χ2v) is 5.00. The quantitative estimate of drug-likeness (QED) is 0.901. The highest BCUT2D eigenvalue weighted by Gasteiger charge is 2.16. The third-order valence-corrected chi connectivity index (χ3v) is 3.48. The molecular weight excluding hydrogens is 278 g/mol. The molecule has 0 amide bonds. The van der Waals surface area contributed by atoms with Gasteiger partial charge in [-0.05, 0) is 70.0 Å². The van der Waals surface area contributed by atoms with Crippen LogP contribution in [0.3, 0.4) is 0 Å². The van der Waals surface area contributed by atoms with Gasteiger partial charge in [-0.2, -0.15) is 0 Å². The summed E-state index contributed by atoms with van der Waals surface area (Å²) in [6.45, 7) is 2.80. The molecule has 2 rings (SSSR count). The van der Waals surface area contributed by atoms with Crippen LogP contribution in [0.15, 0.2) is 16.6 Å². The maximum absolute atomic E-state index is 5.64. The highest BCUT2D eigenvalue weighted by molar-refractivity contribution is 9.10. The van der Waals surface area contributed by atoms with Crippen LogP contribution in [-0.4, -0.2) is 20.7 Å². The molecule has 0 atom stereocenters. The van der Waals surface area contributed by atoms with Crippen LogP contribution >= 0.6 is 15.9 Å². The summed E-state index contributed by atoms with van der Waals surface area (Å²) >= 11 is 3.61. The maximum atomic E-state index is 5.64. The molecule has 1 aliphatic rings. The van der Waals surface area contributed by atoms with E-state index < -0.39 is 0 Å². The van der Waals surface area contributed by atoms with Gasteiger partial charge in [0.05, 0.1) is 6.61 Å². The Balaban J connectivity index is 0.000000437. The zero-order valence-corrected chi connectivity index (χ0v) is 12.6. The van der Waals surface area contributed by atoms with E-state index in [1.165, 1.54) is 41.3 Å². The van der Waals surface area contributed by atoms with Gasteiger partial charge in [-0.25, -0.2) is 0 Å². The molecule has 0 bridgehead atoms. The molecule has 1 aliphatic carbocycles. The van der Waals surface area contributed by atoms with Crippen molar-refractivity contribution in [2.45, 2.75) is 32.6 Å². The van der Waals surface area contributed by atoms with Crippen LogP contribution in [0.5, 0.6) is 5.75 Å². The predicted octanol–water partition coefficient (Wildman–Crippen LogP) is 3.56. The first-order valence-electron chi connectivity index (χ1n) is 6.26. The van der Waals surface area contributed by atoms with Crippen LogP contribution in [0, 0.1) is 0 Å². The lowest BCUT2D eigenvalue weighted by Gasteiger charge is -2.20. The van der Waals surface area contributed by atoms with Crippen molar-refractivity contribution in [2.24, 2.45) is 0 Å². The summed E-state index contributed by atoms with van der Waals surface area (Å²) in [5, 5.41) is 2.75. The summed E-state index contributed by atoms with van der Waals surface area (Å²) in [5.41, 5.74) is 2.88. The van der Waals surface area contributed by atoms with Crippen molar-refractivity contribution in [1.82, 2.24) is 5.32 Å². The van der Waals surface area contributed by atoms with Crippen molar-refractivity contribution >= 4 is 15.9 Å². The summed E-state index contributed by atoms with van der Waals surface area (Å²) in [6, 6.07) is 4.19. The van der Waals surface area contributed by atoms with Gasteiger partial charge in [-0.3, -0.25) is 0 Å². The van der Waals surface area contributed by atoms with Gasteiger partial charge in [0.2, 0.25) is 0 Å². The number of rotatable bonds is 2. The van der Waals surface area contributed by atoms with Gasteiger partial charge >= 0.3 is 0 Å². The van der Waals surface area contributed by atoms with E-state index in [0.717, 1.165) is 12.4 Å². The van der Waals surface area contributed by atoms with E-state index >= 15 is 0 Å². The highest BCUT2D eigenvalue weighted by atomic mass is 79.9. The second-order valence-electron chi connectivity index (χ2n) is 4.14. The first-order valence-corrected chi connectivity index (χ1v) is 7.05. The average Bonchev–Trinajstić information content (AvgIpc) is 2.34. The van der Waals surface area contributed by atoms with E-state index in [4.69, 9.17) is 4.74 Å². The molecule has 0 radical (unpaired) electrons. The molecular formula is C14H22BrNO. The summed E-state index contributed by atoms with van der Waals surface area (Å²) in [4.78, 5) is 0. The fourth-order valence-electron chi connectivity index (χ4n) is 2.08. The molecule has 0 saturated carbocycles. The van der Waals surface area contributed by atoms with Gasteiger partial charge in [0, 0.05) is 4.47 Å². The number of ether oxygens (including phenoxy) is 1. The smallest absolute Gasteiger partial charge is 0.122 e. The van der Waals surface area contributed by atoms with Gasteiger partial charge < -0.3 is 10.1 Å². The number of halogens is 1. The predicted molar refractivity (Wildman–Crippen MR) is 76.9 cm³/mol. The number of fused-ring (bicyclic) bond motifs is 1. The maximum Gasteiger partial charge on any atom is 0.122 e. The van der Waals surface area contributed by atoms with E-state index in [0.29, 0.717) is 0 Å². The highest BCUT2D eigenvalue weighted by Crippen LogP contribution is 2.34. The van der Waals surface area contributed by atoms with Crippen LogP contribution in [0.4, 0.5) is 0 Å². The summed E-state index contributed by atoms with van der Waals surface area (Å²) in [7, 11) is 3.75. The minimum absolute atomic E-state index is 0.758. The minimum Gasteiger partial charge on any atom is -0.494 e. The monoisotopic (exact) mass is 299 g/mol. The fraction of sp³-hybridized carbons (Fsp3) is 0.571. The number of benzene rings is 1. The van der Waals surface area contributed by atoms with Gasteiger partial charge in [-0.1, -0.05) is 15.9 Å². The lowest BCUT2D eigenvalue weighted by molar-refractivity contribution is 0.334. The Morgan fingerprint density at radius 1 is 1.18 bits per heavy atom. The zero-order valence-electron chi connectivity index (χ0n) is 11.0. The number of nitrogens with one attached hydrogen (secondary N) is 1.